The second kappa shape index (κ2) is 6.94. The van der Waals surface area contributed by atoms with Gasteiger partial charge >= 0.3 is 0 Å². The van der Waals surface area contributed by atoms with E-state index < -0.39 is 9.84 Å². The number of hydrogen-bond donors (Lipinski definition) is 1. The van der Waals surface area contributed by atoms with Crippen molar-refractivity contribution in [1.29, 1.82) is 0 Å². The van der Waals surface area contributed by atoms with Crippen LogP contribution in [0.15, 0.2) is 0 Å². The maximum absolute atomic E-state index is 12.2. The summed E-state index contributed by atoms with van der Waals surface area (Å²) in [6, 6.07) is 0. The van der Waals surface area contributed by atoms with Crippen molar-refractivity contribution in [2.75, 3.05) is 32.5 Å². The summed E-state index contributed by atoms with van der Waals surface area (Å²) in [5, 5.41) is -0.320. The number of hydrogen-bond acceptors (Lipinski definition) is 5. The summed E-state index contributed by atoms with van der Waals surface area (Å²) in [5.41, 5.74) is 5.71. The molecule has 6 heteroatoms. The Balaban J connectivity index is 2.15. The highest BCUT2D eigenvalue weighted by Gasteiger charge is 2.51. The number of likely N-dealkylation sites (tertiary alicyclic amines) is 1. The van der Waals surface area contributed by atoms with Gasteiger partial charge in [0.25, 0.3) is 0 Å². The van der Waals surface area contributed by atoms with Gasteiger partial charge in [0.05, 0.1) is 11.4 Å². The van der Waals surface area contributed by atoms with Crippen molar-refractivity contribution in [3.05, 3.63) is 0 Å². The van der Waals surface area contributed by atoms with Crippen LogP contribution in [-0.4, -0.2) is 62.7 Å². The van der Waals surface area contributed by atoms with Gasteiger partial charge in [-0.05, 0) is 38.6 Å². The van der Waals surface area contributed by atoms with E-state index in [1.807, 2.05) is 0 Å². The van der Waals surface area contributed by atoms with Crippen LogP contribution in [0.25, 0.3) is 0 Å². The van der Waals surface area contributed by atoms with Crippen LogP contribution >= 0.6 is 0 Å². The minimum absolute atomic E-state index is 0.225. The average Bonchev–Trinajstić information content (AvgIpc) is 2.91. The van der Waals surface area contributed by atoms with Crippen molar-refractivity contribution in [2.24, 2.45) is 5.73 Å². The average molecular weight is 318 g/mol. The van der Waals surface area contributed by atoms with E-state index in [0.29, 0.717) is 6.54 Å². The van der Waals surface area contributed by atoms with Crippen LogP contribution < -0.4 is 5.73 Å². The molecular weight excluding hydrogens is 288 g/mol. The Bertz CT molecular complexity index is 440. The third kappa shape index (κ3) is 3.60. The van der Waals surface area contributed by atoms with E-state index in [1.165, 1.54) is 6.26 Å². The second-order valence-corrected chi connectivity index (χ2v) is 8.83. The summed E-state index contributed by atoms with van der Waals surface area (Å²) < 4.78 is 30.3. The van der Waals surface area contributed by atoms with Crippen molar-refractivity contribution >= 4 is 9.84 Å². The van der Waals surface area contributed by atoms with Crippen molar-refractivity contribution in [3.8, 4) is 0 Å². The molecule has 0 spiro atoms. The lowest BCUT2D eigenvalue weighted by molar-refractivity contribution is -0.0341. The van der Waals surface area contributed by atoms with Gasteiger partial charge in [0.15, 0.2) is 9.84 Å². The maximum atomic E-state index is 12.2. The van der Waals surface area contributed by atoms with Crippen molar-refractivity contribution in [2.45, 2.75) is 62.3 Å². The zero-order valence-electron chi connectivity index (χ0n) is 13.4. The van der Waals surface area contributed by atoms with E-state index in [1.54, 1.807) is 0 Å². The minimum atomic E-state index is -3.07. The van der Waals surface area contributed by atoms with Gasteiger partial charge in [0.1, 0.15) is 0 Å². The third-order valence-corrected chi connectivity index (χ3v) is 6.82. The van der Waals surface area contributed by atoms with Crippen LogP contribution in [0, 0.1) is 0 Å². The number of nitrogens with zero attached hydrogens (tertiary/aromatic N) is 1. The Hall–Kier alpha value is -0.170. The fourth-order valence-corrected chi connectivity index (χ4v) is 5.88. The molecular formula is C15H30N2O3S. The SMILES string of the molecule is CCCOC1CCCN(C2(CN)CCCC2S(C)(=O)=O)C1. The standard InChI is InChI=1S/C15H30N2O3S/c1-3-10-20-13-6-5-9-17(11-13)15(12-16)8-4-7-14(15)21(2,18)19/h13-14H,3-12,16H2,1-2H3. The van der Waals surface area contributed by atoms with E-state index in [2.05, 4.69) is 11.8 Å². The molecule has 2 fully saturated rings. The van der Waals surface area contributed by atoms with Gasteiger partial charge in [-0.1, -0.05) is 13.3 Å². The second-order valence-electron chi connectivity index (χ2n) is 6.60. The predicted molar refractivity (Wildman–Crippen MR) is 85.1 cm³/mol. The fraction of sp³-hybridized carbons (Fsp3) is 1.00. The molecule has 5 nitrogen and oxygen atoms in total. The normalized spacial score (nSPS) is 35.2. The number of rotatable bonds is 6. The Morgan fingerprint density at radius 3 is 2.71 bits per heavy atom. The molecule has 3 atom stereocenters. The Kier molecular flexibility index (Phi) is 5.68. The molecule has 21 heavy (non-hydrogen) atoms. The maximum Gasteiger partial charge on any atom is 0.152 e. The Morgan fingerprint density at radius 1 is 1.33 bits per heavy atom. The molecule has 0 aromatic carbocycles. The number of piperidine rings is 1. The molecule has 0 aromatic heterocycles. The number of sulfone groups is 1. The molecule has 1 saturated carbocycles. The van der Waals surface area contributed by atoms with E-state index >= 15 is 0 Å². The van der Waals surface area contributed by atoms with E-state index in [9.17, 15) is 8.42 Å². The van der Waals surface area contributed by atoms with Gasteiger partial charge in [-0.25, -0.2) is 8.42 Å². The van der Waals surface area contributed by atoms with E-state index in [4.69, 9.17) is 10.5 Å². The van der Waals surface area contributed by atoms with Crippen LogP contribution in [0.2, 0.25) is 0 Å². The van der Waals surface area contributed by atoms with E-state index in [0.717, 1.165) is 58.2 Å². The van der Waals surface area contributed by atoms with Gasteiger partial charge in [0.2, 0.25) is 0 Å². The first-order valence-electron chi connectivity index (χ1n) is 8.19. The van der Waals surface area contributed by atoms with Gasteiger partial charge in [0, 0.05) is 31.5 Å². The Morgan fingerprint density at radius 2 is 2.10 bits per heavy atom. The molecule has 2 aliphatic rings. The van der Waals surface area contributed by atoms with Crippen LogP contribution in [0.1, 0.15) is 45.4 Å². The smallest absolute Gasteiger partial charge is 0.152 e. The highest BCUT2D eigenvalue weighted by atomic mass is 32.2. The molecule has 0 aromatic rings. The molecule has 0 amide bonds. The monoisotopic (exact) mass is 318 g/mol. The lowest BCUT2D eigenvalue weighted by atomic mass is 9.91. The van der Waals surface area contributed by atoms with Crippen LogP contribution in [0.3, 0.4) is 0 Å². The van der Waals surface area contributed by atoms with Crippen LogP contribution in [0.5, 0.6) is 0 Å². The molecule has 124 valence electrons. The molecule has 2 N–H and O–H groups in total. The molecule has 2 rings (SSSR count). The summed E-state index contributed by atoms with van der Waals surface area (Å²) in [6.07, 6.45) is 7.32. The summed E-state index contributed by atoms with van der Waals surface area (Å²) >= 11 is 0. The first-order valence-corrected chi connectivity index (χ1v) is 10.1. The lowest BCUT2D eigenvalue weighted by Gasteiger charge is -2.47. The quantitative estimate of drug-likeness (QED) is 0.796. The summed E-state index contributed by atoms with van der Waals surface area (Å²) in [6.45, 7) is 5.08. The first-order chi connectivity index (χ1) is 9.94. The zero-order chi connectivity index (χ0) is 15.5. The third-order valence-electron chi connectivity index (χ3n) is 5.11. The van der Waals surface area contributed by atoms with E-state index in [-0.39, 0.29) is 16.9 Å². The summed E-state index contributed by atoms with van der Waals surface area (Å²) in [5.74, 6) is 0. The van der Waals surface area contributed by atoms with Crippen molar-refractivity contribution in [1.82, 2.24) is 4.90 Å². The largest absolute Gasteiger partial charge is 0.377 e. The van der Waals surface area contributed by atoms with Gasteiger partial charge in [-0.2, -0.15) is 0 Å². The summed E-state index contributed by atoms with van der Waals surface area (Å²) in [7, 11) is -3.07. The zero-order valence-corrected chi connectivity index (χ0v) is 14.2. The van der Waals surface area contributed by atoms with Crippen molar-refractivity contribution in [3.63, 3.8) is 0 Å². The first kappa shape index (κ1) is 17.2. The highest BCUT2D eigenvalue weighted by molar-refractivity contribution is 7.91. The highest BCUT2D eigenvalue weighted by Crippen LogP contribution is 2.40. The molecule has 1 heterocycles. The summed E-state index contributed by atoms with van der Waals surface area (Å²) in [4.78, 5) is 2.33. The van der Waals surface area contributed by atoms with Gasteiger partial charge in [-0.15, -0.1) is 0 Å². The number of nitrogens with two attached hydrogens (primary N) is 1. The fourth-order valence-electron chi connectivity index (χ4n) is 4.12. The molecule has 0 radical (unpaired) electrons. The lowest BCUT2D eigenvalue weighted by Crippen LogP contribution is -2.63. The Labute approximate surface area is 129 Å². The van der Waals surface area contributed by atoms with Crippen molar-refractivity contribution < 1.29 is 13.2 Å². The van der Waals surface area contributed by atoms with Gasteiger partial charge in [-0.3, -0.25) is 4.90 Å². The predicted octanol–water partition coefficient (Wildman–Crippen LogP) is 1.17. The molecule has 1 aliphatic heterocycles. The molecule has 3 unspecified atom stereocenters. The number of ether oxygens (including phenoxy) is 1. The molecule has 1 aliphatic carbocycles. The van der Waals surface area contributed by atoms with Crippen LogP contribution in [0.4, 0.5) is 0 Å². The topological polar surface area (TPSA) is 72.6 Å². The molecule has 1 saturated heterocycles. The van der Waals surface area contributed by atoms with Crippen LogP contribution in [-0.2, 0) is 14.6 Å². The van der Waals surface area contributed by atoms with Gasteiger partial charge < -0.3 is 10.5 Å². The minimum Gasteiger partial charge on any atom is -0.377 e. The molecule has 0 bridgehead atoms.